The highest BCUT2D eigenvalue weighted by Gasteiger charge is 2.50. The van der Waals surface area contributed by atoms with Crippen molar-refractivity contribution in [3.05, 3.63) is 53.6 Å². The fourth-order valence-electron chi connectivity index (χ4n) is 3.79. The number of anilines is 1. The van der Waals surface area contributed by atoms with Crippen LogP contribution in [0, 0.1) is 0 Å². The maximum absolute atomic E-state index is 12.8. The largest absolute Gasteiger partial charge is 0.493 e. The summed E-state index contributed by atoms with van der Waals surface area (Å²) >= 11 is 0. The Hall–Kier alpha value is -2.69. The van der Waals surface area contributed by atoms with Gasteiger partial charge in [0.15, 0.2) is 17.2 Å². The third-order valence-electron chi connectivity index (χ3n) is 5.09. The first kappa shape index (κ1) is 15.8. The van der Waals surface area contributed by atoms with Gasteiger partial charge in [-0.25, -0.2) is 4.79 Å². The number of carbonyl (C=O) groups is 1. The average molecular weight is 338 g/mol. The Kier molecular flexibility index (Phi) is 3.60. The fourth-order valence-corrected chi connectivity index (χ4v) is 3.79. The van der Waals surface area contributed by atoms with E-state index in [0.717, 1.165) is 17.7 Å². The molecule has 0 saturated carbocycles. The number of amides is 2. The van der Waals surface area contributed by atoms with Crippen molar-refractivity contribution in [2.45, 2.75) is 38.5 Å². The molecule has 1 fully saturated rings. The summed E-state index contributed by atoms with van der Waals surface area (Å²) in [7, 11) is 1.63. The monoisotopic (exact) mass is 338 g/mol. The molecule has 130 valence electrons. The Morgan fingerprint density at radius 3 is 2.72 bits per heavy atom. The van der Waals surface area contributed by atoms with Crippen molar-refractivity contribution in [1.29, 1.82) is 0 Å². The molecule has 0 unspecified atom stereocenters. The highest BCUT2D eigenvalue weighted by atomic mass is 16.5. The molecule has 2 bridgehead atoms. The van der Waals surface area contributed by atoms with Crippen LogP contribution in [0.5, 0.6) is 11.5 Å². The minimum Gasteiger partial charge on any atom is -0.493 e. The molecule has 2 aromatic rings. The van der Waals surface area contributed by atoms with Gasteiger partial charge < -0.3 is 14.8 Å². The van der Waals surface area contributed by atoms with Gasteiger partial charge in [-0.3, -0.25) is 4.90 Å². The molecular formula is C20H22N2O3. The number of hydrogen-bond acceptors (Lipinski definition) is 3. The zero-order valence-corrected chi connectivity index (χ0v) is 14.7. The highest BCUT2D eigenvalue weighted by molar-refractivity contribution is 5.95. The number of urea groups is 1. The van der Waals surface area contributed by atoms with Crippen LogP contribution in [0.3, 0.4) is 0 Å². The molecule has 1 N–H and O–H groups in total. The average Bonchev–Trinajstić information content (AvgIpc) is 2.61. The van der Waals surface area contributed by atoms with E-state index in [9.17, 15) is 4.79 Å². The van der Waals surface area contributed by atoms with Gasteiger partial charge in [-0.15, -0.1) is 0 Å². The molecule has 0 spiro atoms. The van der Waals surface area contributed by atoms with E-state index in [2.05, 4.69) is 24.4 Å². The molecule has 0 aliphatic carbocycles. The number of fused-ring (bicyclic) bond motifs is 4. The third-order valence-corrected chi connectivity index (χ3v) is 5.09. The Bertz CT molecular complexity index is 818. The Labute approximate surface area is 147 Å². The first-order valence-electron chi connectivity index (χ1n) is 8.61. The summed E-state index contributed by atoms with van der Waals surface area (Å²) < 4.78 is 11.8. The molecule has 2 aliphatic rings. The molecule has 2 aliphatic heterocycles. The summed E-state index contributed by atoms with van der Waals surface area (Å²) in [6.45, 7) is 4.07. The van der Waals surface area contributed by atoms with Crippen LogP contribution in [0.2, 0.25) is 0 Å². The first-order chi connectivity index (χ1) is 12.1. The molecule has 0 aromatic heterocycles. The summed E-state index contributed by atoms with van der Waals surface area (Å²) in [5.41, 5.74) is 2.27. The second-order valence-corrected chi connectivity index (χ2v) is 6.72. The van der Waals surface area contributed by atoms with Crippen LogP contribution in [-0.4, -0.2) is 18.9 Å². The van der Waals surface area contributed by atoms with Crippen molar-refractivity contribution in [1.82, 2.24) is 5.32 Å². The van der Waals surface area contributed by atoms with Crippen LogP contribution in [0.1, 0.15) is 37.4 Å². The van der Waals surface area contributed by atoms with Crippen molar-refractivity contribution >= 4 is 11.7 Å². The number of aryl methyl sites for hydroxylation is 1. The van der Waals surface area contributed by atoms with Crippen molar-refractivity contribution in [2.75, 3.05) is 12.0 Å². The Morgan fingerprint density at radius 2 is 2.04 bits per heavy atom. The summed E-state index contributed by atoms with van der Waals surface area (Å²) in [6.07, 6.45) is 1.64. The molecule has 4 rings (SSSR count). The van der Waals surface area contributed by atoms with Gasteiger partial charge in [-0.1, -0.05) is 31.2 Å². The van der Waals surface area contributed by atoms with Crippen molar-refractivity contribution in [3.63, 3.8) is 0 Å². The molecule has 25 heavy (non-hydrogen) atoms. The van der Waals surface area contributed by atoms with Crippen molar-refractivity contribution < 1.29 is 14.3 Å². The van der Waals surface area contributed by atoms with E-state index in [1.807, 2.05) is 37.3 Å². The molecule has 2 aromatic carbocycles. The van der Waals surface area contributed by atoms with Gasteiger partial charge in [0.2, 0.25) is 0 Å². The lowest BCUT2D eigenvalue weighted by atomic mass is 9.90. The summed E-state index contributed by atoms with van der Waals surface area (Å²) in [4.78, 5) is 14.5. The molecule has 1 saturated heterocycles. The van der Waals surface area contributed by atoms with Crippen LogP contribution in [0.25, 0.3) is 0 Å². The number of hydrogen-bond donors (Lipinski definition) is 1. The SMILES string of the molecule is CCc1ccc(N2C(=O)N[C@H]3C[C@@]2(C)Oc2c(OC)cccc23)cc1. The van der Waals surface area contributed by atoms with E-state index < -0.39 is 5.72 Å². The minimum absolute atomic E-state index is 0.0810. The molecule has 2 heterocycles. The summed E-state index contributed by atoms with van der Waals surface area (Å²) in [5.74, 6) is 1.39. The van der Waals surface area contributed by atoms with E-state index in [4.69, 9.17) is 9.47 Å². The van der Waals surface area contributed by atoms with Gasteiger partial charge in [0.05, 0.1) is 13.2 Å². The zero-order valence-electron chi connectivity index (χ0n) is 14.7. The second kappa shape index (κ2) is 5.69. The Morgan fingerprint density at radius 1 is 1.28 bits per heavy atom. The van der Waals surface area contributed by atoms with Crippen molar-refractivity contribution in [3.8, 4) is 11.5 Å². The predicted octanol–water partition coefficient (Wildman–Crippen LogP) is 4.03. The maximum atomic E-state index is 12.8. The number of nitrogens with one attached hydrogen (secondary N) is 1. The number of nitrogens with zero attached hydrogens (tertiary/aromatic N) is 1. The lowest BCUT2D eigenvalue weighted by Gasteiger charge is -2.50. The molecule has 5 nitrogen and oxygen atoms in total. The number of benzene rings is 2. The first-order valence-corrected chi connectivity index (χ1v) is 8.61. The number of rotatable bonds is 3. The van der Waals surface area contributed by atoms with Gasteiger partial charge in [-0.05, 0) is 37.1 Å². The van der Waals surface area contributed by atoms with Crippen molar-refractivity contribution in [2.24, 2.45) is 0 Å². The lowest BCUT2D eigenvalue weighted by Crippen LogP contribution is -2.65. The molecule has 0 radical (unpaired) electrons. The highest BCUT2D eigenvalue weighted by Crippen LogP contribution is 2.48. The van der Waals surface area contributed by atoms with Crippen LogP contribution < -0.4 is 19.7 Å². The quantitative estimate of drug-likeness (QED) is 0.919. The number of para-hydroxylation sites is 1. The van der Waals surface area contributed by atoms with Gasteiger partial charge >= 0.3 is 6.03 Å². The van der Waals surface area contributed by atoms with Crippen LogP contribution in [0.4, 0.5) is 10.5 Å². The normalized spacial score (nSPS) is 24.2. The van der Waals surface area contributed by atoms with Gasteiger partial charge in [0.1, 0.15) is 0 Å². The van der Waals surface area contributed by atoms with E-state index >= 15 is 0 Å². The summed E-state index contributed by atoms with van der Waals surface area (Å²) in [5, 5.41) is 3.11. The molecule has 5 heteroatoms. The van der Waals surface area contributed by atoms with E-state index in [0.29, 0.717) is 17.9 Å². The fraction of sp³-hybridized carbons (Fsp3) is 0.350. The minimum atomic E-state index is -0.762. The molecular weight excluding hydrogens is 316 g/mol. The lowest BCUT2D eigenvalue weighted by molar-refractivity contribution is 0.0349. The third kappa shape index (κ3) is 2.42. The molecule has 2 atom stereocenters. The van der Waals surface area contributed by atoms with Crippen LogP contribution in [0.15, 0.2) is 42.5 Å². The van der Waals surface area contributed by atoms with Gasteiger partial charge in [0, 0.05) is 17.7 Å². The van der Waals surface area contributed by atoms with Gasteiger partial charge in [0.25, 0.3) is 0 Å². The smallest absolute Gasteiger partial charge is 0.325 e. The maximum Gasteiger partial charge on any atom is 0.325 e. The van der Waals surface area contributed by atoms with E-state index in [-0.39, 0.29) is 12.1 Å². The Balaban J connectivity index is 1.78. The zero-order chi connectivity index (χ0) is 17.6. The van der Waals surface area contributed by atoms with Crippen LogP contribution in [-0.2, 0) is 6.42 Å². The topological polar surface area (TPSA) is 50.8 Å². The number of ether oxygens (including phenoxy) is 2. The van der Waals surface area contributed by atoms with Crippen LogP contribution >= 0.6 is 0 Å². The van der Waals surface area contributed by atoms with E-state index in [1.54, 1.807) is 12.0 Å². The number of carbonyl (C=O) groups excluding carboxylic acids is 1. The predicted molar refractivity (Wildman–Crippen MR) is 96.2 cm³/mol. The number of methoxy groups -OCH3 is 1. The van der Waals surface area contributed by atoms with Gasteiger partial charge in [-0.2, -0.15) is 0 Å². The second-order valence-electron chi connectivity index (χ2n) is 6.72. The summed E-state index contributed by atoms with van der Waals surface area (Å²) in [6, 6.07) is 13.6. The van der Waals surface area contributed by atoms with E-state index in [1.165, 1.54) is 5.56 Å². The molecule has 2 amide bonds. The standard InChI is InChI=1S/C20H22N2O3/c1-4-13-8-10-14(11-9-13)22-19(23)21-16-12-20(22,2)25-18-15(16)6-5-7-17(18)24-3/h5-11,16H,4,12H2,1-3H3,(H,21,23)/t16-,20+/m0/s1.